The van der Waals surface area contributed by atoms with Crippen molar-refractivity contribution in [1.29, 1.82) is 0 Å². The molecule has 246 valence electrons. The molecule has 0 aliphatic carbocycles. The first kappa shape index (κ1) is 28.5. The molecular weight excluding hydrogens is 653 g/mol. The molecule has 8 aromatic carbocycles. The van der Waals surface area contributed by atoms with Crippen LogP contribution in [-0.4, -0.2) is 9.97 Å². The number of nitrogens with zero attached hydrogens (tertiary/aromatic N) is 2. The van der Waals surface area contributed by atoms with E-state index in [1.165, 1.54) is 0 Å². The van der Waals surface area contributed by atoms with Crippen LogP contribution in [0.15, 0.2) is 167 Å². The Morgan fingerprint density at radius 2 is 0.981 bits per heavy atom. The quantitative estimate of drug-likeness (QED) is 0.186. The zero-order valence-corrected chi connectivity index (χ0v) is 28.1. The van der Waals surface area contributed by atoms with Gasteiger partial charge in [-0.1, -0.05) is 103 Å². The average molecular weight is 679 g/mol. The maximum absolute atomic E-state index is 6.87. The minimum absolute atomic E-state index is 0.603. The first-order valence-corrected chi connectivity index (χ1v) is 17.7. The monoisotopic (exact) mass is 678 g/mol. The molecule has 0 unspecified atom stereocenters. The number of para-hydroxylation sites is 4. The van der Waals surface area contributed by atoms with E-state index in [0.717, 1.165) is 116 Å². The minimum atomic E-state index is 0.603. The lowest BCUT2D eigenvalue weighted by molar-refractivity contribution is 0.488. The van der Waals surface area contributed by atoms with E-state index < -0.39 is 0 Å². The number of hydrogen-bond donors (Lipinski definition) is 0. The van der Waals surface area contributed by atoms with Crippen LogP contribution in [0.1, 0.15) is 0 Å². The number of benzene rings is 8. The molecule has 0 fully saturated rings. The fourth-order valence-electron chi connectivity index (χ4n) is 8.26. The zero-order chi connectivity index (χ0) is 34.6. The van der Waals surface area contributed by atoms with Crippen LogP contribution in [0.5, 0.6) is 11.5 Å². The van der Waals surface area contributed by atoms with Crippen molar-refractivity contribution in [1.82, 2.24) is 9.97 Å². The van der Waals surface area contributed by atoms with E-state index >= 15 is 0 Å². The van der Waals surface area contributed by atoms with Crippen molar-refractivity contribution in [2.45, 2.75) is 0 Å². The highest BCUT2D eigenvalue weighted by molar-refractivity contribution is 6.12. The lowest BCUT2D eigenvalue weighted by Crippen LogP contribution is -2.02. The van der Waals surface area contributed by atoms with Gasteiger partial charge >= 0.3 is 0 Å². The summed E-state index contributed by atoms with van der Waals surface area (Å²) in [6.07, 6.45) is 0. The molecule has 5 heteroatoms. The zero-order valence-electron chi connectivity index (χ0n) is 28.1. The van der Waals surface area contributed by atoms with E-state index in [-0.39, 0.29) is 0 Å². The van der Waals surface area contributed by atoms with Crippen LogP contribution in [0.25, 0.3) is 110 Å². The summed E-state index contributed by atoms with van der Waals surface area (Å²) in [6.45, 7) is 0. The standard InChI is InChI=1S/C48H26N2O3/c1-4-16-39-37(11-1)46(28-20-22-33-31-10-3-6-18-41(31)52-44(33)26-28)50-48(49-39)38-15-8-14-36-35-13-7-12-34-29(23-24-42(45(34)35)53-47(36)38)27-19-21-32-30-9-2-5-17-40(30)51-43(32)25-27/h1-26H. The normalized spacial score (nSPS) is 12.3. The number of furan rings is 2. The van der Waals surface area contributed by atoms with Crippen LogP contribution in [0, 0.1) is 0 Å². The van der Waals surface area contributed by atoms with Crippen molar-refractivity contribution in [3.8, 4) is 56.4 Å². The van der Waals surface area contributed by atoms with E-state index in [1.807, 2.05) is 48.5 Å². The lowest BCUT2D eigenvalue weighted by atomic mass is 9.89. The summed E-state index contributed by atoms with van der Waals surface area (Å²) in [5.74, 6) is 2.16. The molecule has 5 nitrogen and oxygen atoms in total. The van der Waals surface area contributed by atoms with Crippen molar-refractivity contribution in [2.24, 2.45) is 0 Å². The number of ether oxygens (including phenoxy) is 1. The highest BCUT2D eigenvalue weighted by Gasteiger charge is 2.26. The van der Waals surface area contributed by atoms with Gasteiger partial charge in [0.05, 0.1) is 16.8 Å². The summed E-state index contributed by atoms with van der Waals surface area (Å²) in [7, 11) is 0. The van der Waals surface area contributed by atoms with Crippen LogP contribution >= 0.6 is 0 Å². The van der Waals surface area contributed by atoms with Crippen LogP contribution in [0.2, 0.25) is 0 Å². The van der Waals surface area contributed by atoms with E-state index in [0.29, 0.717) is 5.82 Å². The lowest BCUT2D eigenvalue weighted by Gasteiger charge is -2.24. The molecule has 0 spiro atoms. The Morgan fingerprint density at radius 3 is 1.77 bits per heavy atom. The first-order valence-electron chi connectivity index (χ1n) is 17.7. The largest absolute Gasteiger partial charge is 0.456 e. The predicted molar refractivity (Wildman–Crippen MR) is 213 cm³/mol. The first-order chi connectivity index (χ1) is 26.2. The Hall–Kier alpha value is -7.24. The smallest absolute Gasteiger partial charge is 0.164 e. The van der Waals surface area contributed by atoms with Crippen molar-refractivity contribution in [3.63, 3.8) is 0 Å². The molecule has 4 heterocycles. The van der Waals surface area contributed by atoms with Gasteiger partial charge in [-0.3, -0.25) is 0 Å². The molecule has 11 aromatic rings. The number of hydrogen-bond acceptors (Lipinski definition) is 5. The summed E-state index contributed by atoms with van der Waals surface area (Å²) >= 11 is 0. The molecule has 0 saturated carbocycles. The van der Waals surface area contributed by atoms with E-state index in [2.05, 4.69) is 109 Å². The maximum Gasteiger partial charge on any atom is 0.164 e. The van der Waals surface area contributed by atoms with Gasteiger partial charge in [0.2, 0.25) is 0 Å². The average Bonchev–Trinajstić information content (AvgIpc) is 3.78. The Labute approximate surface area is 302 Å². The maximum atomic E-state index is 6.87. The Morgan fingerprint density at radius 1 is 0.377 bits per heavy atom. The molecule has 0 radical (unpaired) electrons. The molecule has 12 rings (SSSR count). The summed E-state index contributed by atoms with van der Waals surface area (Å²) in [5.41, 5.74) is 11.3. The van der Waals surface area contributed by atoms with Gasteiger partial charge in [-0.25, -0.2) is 9.97 Å². The van der Waals surface area contributed by atoms with Gasteiger partial charge in [-0.2, -0.15) is 0 Å². The number of aromatic nitrogens is 2. The Bertz CT molecular complexity index is 3330. The summed E-state index contributed by atoms with van der Waals surface area (Å²) in [4.78, 5) is 10.4. The minimum Gasteiger partial charge on any atom is -0.456 e. The predicted octanol–water partition coefficient (Wildman–Crippen LogP) is 13.4. The molecule has 0 amide bonds. The van der Waals surface area contributed by atoms with Gasteiger partial charge in [0.25, 0.3) is 0 Å². The van der Waals surface area contributed by atoms with Crippen LogP contribution in [0.4, 0.5) is 0 Å². The topological polar surface area (TPSA) is 61.3 Å². The van der Waals surface area contributed by atoms with Gasteiger partial charge in [-0.15, -0.1) is 0 Å². The van der Waals surface area contributed by atoms with Gasteiger partial charge in [0, 0.05) is 43.4 Å². The summed E-state index contributed by atoms with van der Waals surface area (Å²) in [5, 5.41) is 7.60. The fraction of sp³-hybridized carbons (Fsp3) is 0. The van der Waals surface area contributed by atoms with Crippen molar-refractivity contribution in [3.05, 3.63) is 158 Å². The molecule has 1 aliphatic rings. The number of rotatable bonds is 3. The Kier molecular flexibility index (Phi) is 5.71. The molecule has 0 bridgehead atoms. The van der Waals surface area contributed by atoms with Gasteiger partial charge in [-0.05, 0) is 76.7 Å². The third-order valence-electron chi connectivity index (χ3n) is 10.7. The molecule has 3 aromatic heterocycles. The fourth-order valence-corrected chi connectivity index (χ4v) is 8.26. The molecule has 0 atom stereocenters. The van der Waals surface area contributed by atoms with Gasteiger partial charge in [0.1, 0.15) is 33.8 Å². The molecule has 0 saturated heterocycles. The third-order valence-corrected chi connectivity index (χ3v) is 10.7. The molecule has 1 aliphatic heterocycles. The third kappa shape index (κ3) is 4.13. The van der Waals surface area contributed by atoms with Gasteiger partial charge in [0.15, 0.2) is 5.82 Å². The van der Waals surface area contributed by atoms with Gasteiger partial charge < -0.3 is 13.6 Å². The molecule has 53 heavy (non-hydrogen) atoms. The second-order valence-electron chi connectivity index (χ2n) is 13.7. The van der Waals surface area contributed by atoms with Crippen molar-refractivity contribution in [2.75, 3.05) is 0 Å². The molecular formula is C48H26N2O3. The molecule has 0 N–H and O–H groups in total. The SMILES string of the molecule is c1cc(-c2nc(-c3ccc4c(c3)oc3ccccc34)c3ccccc3n2)c2c(c1)-c1cccc3c(-c4ccc5c(c4)oc4ccccc45)ccc(c13)O2. The highest BCUT2D eigenvalue weighted by atomic mass is 16.5. The second kappa shape index (κ2) is 10.6. The van der Waals surface area contributed by atoms with Crippen LogP contribution in [-0.2, 0) is 0 Å². The van der Waals surface area contributed by atoms with Crippen molar-refractivity contribution < 1.29 is 13.6 Å². The van der Waals surface area contributed by atoms with E-state index in [1.54, 1.807) is 0 Å². The highest BCUT2D eigenvalue weighted by Crippen LogP contribution is 2.52. The summed E-state index contributed by atoms with van der Waals surface area (Å²) < 4.78 is 19.4. The van der Waals surface area contributed by atoms with Crippen LogP contribution < -0.4 is 4.74 Å². The summed E-state index contributed by atoms with van der Waals surface area (Å²) in [6, 6.07) is 54.3. The number of fused-ring (bicyclic) bond motifs is 9. The second-order valence-corrected chi connectivity index (χ2v) is 13.7. The Balaban J connectivity index is 1.01. The van der Waals surface area contributed by atoms with Crippen LogP contribution in [0.3, 0.4) is 0 Å². The van der Waals surface area contributed by atoms with E-state index in [9.17, 15) is 0 Å². The van der Waals surface area contributed by atoms with Crippen molar-refractivity contribution >= 4 is 65.6 Å². The van der Waals surface area contributed by atoms with E-state index in [4.69, 9.17) is 23.5 Å².